The standard InChI is InChI=1S/C18H18N2/c1-3-15-9-11-17(12-10-15)20-14(2)13-18(19-20)16-7-5-4-6-8-16/h4-13H,3H2,1-2H3. The van der Waals surface area contributed by atoms with Gasteiger partial charge in [0.2, 0.25) is 0 Å². The number of rotatable bonds is 3. The van der Waals surface area contributed by atoms with Gasteiger partial charge in [-0.1, -0.05) is 49.4 Å². The second-order valence-electron chi connectivity index (χ2n) is 4.97. The van der Waals surface area contributed by atoms with E-state index in [1.807, 2.05) is 22.9 Å². The van der Waals surface area contributed by atoms with Crippen LogP contribution in [0.1, 0.15) is 18.2 Å². The van der Waals surface area contributed by atoms with E-state index in [4.69, 9.17) is 5.10 Å². The molecule has 0 aliphatic heterocycles. The van der Waals surface area contributed by atoms with Gasteiger partial charge >= 0.3 is 0 Å². The molecular weight excluding hydrogens is 244 g/mol. The molecule has 0 amide bonds. The quantitative estimate of drug-likeness (QED) is 0.683. The van der Waals surface area contributed by atoms with Gasteiger partial charge in [0.25, 0.3) is 0 Å². The molecule has 0 bridgehead atoms. The predicted octanol–water partition coefficient (Wildman–Crippen LogP) is 4.41. The molecule has 2 nitrogen and oxygen atoms in total. The van der Waals surface area contributed by atoms with E-state index in [0.717, 1.165) is 29.1 Å². The minimum absolute atomic E-state index is 1.02. The molecule has 20 heavy (non-hydrogen) atoms. The molecule has 1 aromatic heterocycles. The zero-order valence-corrected chi connectivity index (χ0v) is 11.9. The summed E-state index contributed by atoms with van der Waals surface area (Å²) < 4.78 is 2.00. The summed E-state index contributed by atoms with van der Waals surface area (Å²) in [4.78, 5) is 0. The van der Waals surface area contributed by atoms with Crippen LogP contribution in [-0.2, 0) is 6.42 Å². The van der Waals surface area contributed by atoms with Crippen LogP contribution in [0.2, 0.25) is 0 Å². The van der Waals surface area contributed by atoms with Crippen LogP contribution in [0.25, 0.3) is 16.9 Å². The van der Waals surface area contributed by atoms with Gasteiger partial charge in [0.1, 0.15) is 0 Å². The van der Waals surface area contributed by atoms with E-state index in [2.05, 4.69) is 56.3 Å². The molecule has 0 fully saturated rings. The number of nitrogens with zero attached hydrogens (tertiary/aromatic N) is 2. The highest BCUT2D eigenvalue weighted by atomic mass is 15.3. The first-order valence-corrected chi connectivity index (χ1v) is 6.99. The van der Waals surface area contributed by atoms with Gasteiger partial charge in [0, 0.05) is 11.3 Å². The minimum Gasteiger partial charge on any atom is -0.237 e. The number of aromatic nitrogens is 2. The first-order chi connectivity index (χ1) is 9.78. The second-order valence-corrected chi connectivity index (χ2v) is 4.97. The molecule has 100 valence electrons. The van der Waals surface area contributed by atoms with Crippen molar-refractivity contribution >= 4 is 0 Å². The minimum atomic E-state index is 1.02. The Morgan fingerprint density at radius 2 is 1.65 bits per heavy atom. The number of aryl methyl sites for hydroxylation is 2. The van der Waals surface area contributed by atoms with Gasteiger partial charge in [-0.15, -0.1) is 0 Å². The highest BCUT2D eigenvalue weighted by Crippen LogP contribution is 2.21. The Labute approximate surface area is 119 Å². The molecule has 0 unspecified atom stereocenters. The van der Waals surface area contributed by atoms with Gasteiger partial charge in [-0.25, -0.2) is 4.68 Å². The van der Waals surface area contributed by atoms with Gasteiger partial charge in [-0.05, 0) is 37.1 Å². The summed E-state index contributed by atoms with van der Waals surface area (Å²) in [5.41, 5.74) is 5.78. The Bertz CT molecular complexity index is 694. The molecule has 0 spiro atoms. The van der Waals surface area contributed by atoms with Crippen molar-refractivity contribution in [3.05, 3.63) is 71.9 Å². The topological polar surface area (TPSA) is 17.8 Å². The molecule has 2 heteroatoms. The lowest BCUT2D eigenvalue weighted by atomic mass is 10.1. The maximum absolute atomic E-state index is 4.72. The van der Waals surface area contributed by atoms with Crippen molar-refractivity contribution in [2.24, 2.45) is 0 Å². The van der Waals surface area contributed by atoms with Gasteiger partial charge in [-0.2, -0.15) is 5.10 Å². The van der Waals surface area contributed by atoms with E-state index in [1.54, 1.807) is 0 Å². The molecule has 3 aromatic rings. The van der Waals surface area contributed by atoms with Crippen LogP contribution in [0.4, 0.5) is 0 Å². The maximum atomic E-state index is 4.72. The SMILES string of the molecule is CCc1ccc(-n2nc(-c3ccccc3)cc2C)cc1. The van der Waals surface area contributed by atoms with Gasteiger partial charge in [0.15, 0.2) is 0 Å². The van der Waals surface area contributed by atoms with Crippen LogP contribution >= 0.6 is 0 Å². The van der Waals surface area contributed by atoms with Crippen LogP contribution in [0.5, 0.6) is 0 Å². The van der Waals surface area contributed by atoms with Crippen molar-refractivity contribution in [3.8, 4) is 16.9 Å². The van der Waals surface area contributed by atoms with E-state index in [0.29, 0.717) is 0 Å². The molecular formula is C18H18N2. The highest BCUT2D eigenvalue weighted by Gasteiger charge is 2.07. The molecule has 0 aliphatic rings. The second kappa shape index (κ2) is 5.33. The zero-order chi connectivity index (χ0) is 13.9. The number of hydrogen-bond donors (Lipinski definition) is 0. The van der Waals surface area contributed by atoms with Crippen molar-refractivity contribution in [1.82, 2.24) is 9.78 Å². The Hall–Kier alpha value is -2.35. The van der Waals surface area contributed by atoms with E-state index in [9.17, 15) is 0 Å². The van der Waals surface area contributed by atoms with Crippen molar-refractivity contribution < 1.29 is 0 Å². The van der Waals surface area contributed by atoms with Crippen LogP contribution < -0.4 is 0 Å². The molecule has 0 atom stereocenters. The largest absolute Gasteiger partial charge is 0.237 e. The zero-order valence-electron chi connectivity index (χ0n) is 11.9. The molecule has 0 saturated carbocycles. The fraction of sp³-hybridized carbons (Fsp3) is 0.167. The van der Waals surface area contributed by atoms with Gasteiger partial charge in [0.05, 0.1) is 11.4 Å². The molecule has 2 aromatic carbocycles. The summed E-state index contributed by atoms with van der Waals surface area (Å²) in [7, 11) is 0. The third-order valence-corrected chi connectivity index (χ3v) is 3.55. The smallest absolute Gasteiger partial charge is 0.0930 e. The van der Waals surface area contributed by atoms with Crippen molar-refractivity contribution in [3.63, 3.8) is 0 Å². The lowest BCUT2D eigenvalue weighted by Gasteiger charge is -2.05. The fourth-order valence-corrected chi connectivity index (χ4v) is 2.36. The Balaban J connectivity index is 2.00. The predicted molar refractivity (Wildman–Crippen MR) is 83.1 cm³/mol. The highest BCUT2D eigenvalue weighted by molar-refractivity contribution is 5.59. The van der Waals surface area contributed by atoms with Crippen LogP contribution in [0.15, 0.2) is 60.7 Å². The summed E-state index contributed by atoms with van der Waals surface area (Å²) >= 11 is 0. The first kappa shape index (κ1) is 12.7. The fourth-order valence-electron chi connectivity index (χ4n) is 2.36. The summed E-state index contributed by atoms with van der Waals surface area (Å²) in [5, 5.41) is 4.72. The van der Waals surface area contributed by atoms with E-state index < -0.39 is 0 Å². The summed E-state index contributed by atoms with van der Waals surface area (Å²) in [5.74, 6) is 0. The molecule has 0 radical (unpaired) electrons. The van der Waals surface area contributed by atoms with E-state index in [-0.39, 0.29) is 0 Å². The monoisotopic (exact) mass is 262 g/mol. The molecule has 0 N–H and O–H groups in total. The summed E-state index contributed by atoms with van der Waals surface area (Å²) in [6.07, 6.45) is 1.06. The van der Waals surface area contributed by atoms with Gasteiger partial charge in [-0.3, -0.25) is 0 Å². The summed E-state index contributed by atoms with van der Waals surface area (Å²) in [6, 6.07) is 21.0. The van der Waals surface area contributed by atoms with E-state index in [1.165, 1.54) is 5.56 Å². The third kappa shape index (κ3) is 2.37. The lowest BCUT2D eigenvalue weighted by Crippen LogP contribution is -1.98. The van der Waals surface area contributed by atoms with Crippen LogP contribution in [0, 0.1) is 6.92 Å². The van der Waals surface area contributed by atoms with Crippen molar-refractivity contribution in [2.45, 2.75) is 20.3 Å². The maximum Gasteiger partial charge on any atom is 0.0930 e. The Morgan fingerprint density at radius 3 is 2.30 bits per heavy atom. The number of hydrogen-bond acceptors (Lipinski definition) is 1. The molecule has 0 saturated heterocycles. The first-order valence-electron chi connectivity index (χ1n) is 6.99. The summed E-state index contributed by atoms with van der Waals surface area (Å²) in [6.45, 7) is 4.26. The average Bonchev–Trinajstić information content (AvgIpc) is 2.90. The van der Waals surface area contributed by atoms with Crippen LogP contribution in [-0.4, -0.2) is 9.78 Å². The third-order valence-electron chi connectivity index (χ3n) is 3.55. The number of benzene rings is 2. The van der Waals surface area contributed by atoms with Gasteiger partial charge < -0.3 is 0 Å². The average molecular weight is 262 g/mol. The van der Waals surface area contributed by atoms with E-state index >= 15 is 0 Å². The Kier molecular flexibility index (Phi) is 3.38. The normalized spacial score (nSPS) is 10.7. The molecule has 0 aliphatic carbocycles. The molecule has 3 rings (SSSR count). The van der Waals surface area contributed by atoms with Crippen molar-refractivity contribution in [2.75, 3.05) is 0 Å². The Morgan fingerprint density at radius 1 is 0.950 bits per heavy atom. The van der Waals surface area contributed by atoms with Crippen LogP contribution in [0.3, 0.4) is 0 Å². The lowest BCUT2D eigenvalue weighted by molar-refractivity contribution is 0.849. The molecule has 1 heterocycles. The van der Waals surface area contributed by atoms with Crippen molar-refractivity contribution in [1.29, 1.82) is 0 Å².